The van der Waals surface area contributed by atoms with E-state index in [1.165, 1.54) is 17.0 Å². The molecule has 0 heterocycles. The van der Waals surface area contributed by atoms with Gasteiger partial charge in [-0.15, -0.1) is 0 Å². The molecule has 0 N–H and O–H groups in total. The smallest absolute Gasteiger partial charge is 0.387 e. The van der Waals surface area contributed by atoms with Crippen LogP contribution in [0, 0.1) is 0 Å². The van der Waals surface area contributed by atoms with Crippen LogP contribution in [-0.4, -0.2) is 35.3 Å². The Balaban J connectivity index is 3.06. The van der Waals surface area contributed by atoms with Gasteiger partial charge in [-0.2, -0.15) is 8.78 Å². The van der Waals surface area contributed by atoms with E-state index in [2.05, 4.69) is 20.7 Å². The van der Waals surface area contributed by atoms with Crippen molar-refractivity contribution < 1.29 is 18.3 Å². The van der Waals surface area contributed by atoms with E-state index in [1.54, 1.807) is 19.2 Å². The molecule has 3 nitrogen and oxygen atoms in total. The van der Waals surface area contributed by atoms with Gasteiger partial charge in [0.2, 0.25) is 0 Å². The van der Waals surface area contributed by atoms with Gasteiger partial charge >= 0.3 is 6.61 Å². The zero-order valence-corrected chi connectivity index (χ0v) is 12.6. The number of rotatable bonds is 5. The molecule has 0 aromatic heterocycles. The van der Waals surface area contributed by atoms with Gasteiger partial charge in [-0.25, -0.2) is 0 Å². The van der Waals surface area contributed by atoms with Crippen LogP contribution in [0.1, 0.15) is 24.2 Å². The minimum Gasteiger partial charge on any atom is -0.434 e. The molecule has 1 aromatic rings. The maximum atomic E-state index is 12.3. The number of carbonyl (C=O) groups excluding carboxylic acids is 1. The van der Waals surface area contributed by atoms with Crippen LogP contribution in [0.25, 0.3) is 0 Å². The lowest BCUT2D eigenvalue weighted by atomic mass is 10.0. The lowest BCUT2D eigenvalue weighted by Crippen LogP contribution is -2.46. The summed E-state index contributed by atoms with van der Waals surface area (Å²) in [5, 5.41) is 0.570. The molecule has 1 aromatic carbocycles. The summed E-state index contributed by atoms with van der Waals surface area (Å²) in [5.41, 5.74) is -0.311. The van der Waals surface area contributed by atoms with Gasteiger partial charge in [0.05, 0.1) is 5.56 Å². The van der Waals surface area contributed by atoms with Crippen molar-refractivity contribution >= 4 is 21.8 Å². The Morgan fingerprint density at radius 3 is 2.53 bits per heavy atom. The summed E-state index contributed by atoms with van der Waals surface area (Å²) in [7, 11) is 1.63. The fourth-order valence-electron chi connectivity index (χ4n) is 1.39. The summed E-state index contributed by atoms with van der Waals surface area (Å²) in [6, 6.07) is 5.99. The van der Waals surface area contributed by atoms with Crippen LogP contribution in [0.5, 0.6) is 5.75 Å². The summed E-state index contributed by atoms with van der Waals surface area (Å²) >= 11 is 3.33. The number of amides is 1. The zero-order valence-electron chi connectivity index (χ0n) is 11.0. The van der Waals surface area contributed by atoms with E-state index in [1.807, 2.05) is 13.8 Å². The molecular weight excluding hydrogens is 320 g/mol. The molecule has 0 radical (unpaired) electrons. The molecule has 0 unspecified atom stereocenters. The Kier molecular flexibility index (Phi) is 5.29. The predicted molar refractivity (Wildman–Crippen MR) is 73.0 cm³/mol. The summed E-state index contributed by atoms with van der Waals surface area (Å²) < 4.78 is 29.0. The van der Waals surface area contributed by atoms with Crippen molar-refractivity contribution in [3.8, 4) is 5.75 Å². The zero-order chi connectivity index (χ0) is 14.6. The second kappa shape index (κ2) is 6.32. The van der Waals surface area contributed by atoms with Crippen LogP contribution in [-0.2, 0) is 0 Å². The van der Waals surface area contributed by atoms with Gasteiger partial charge in [-0.05, 0) is 26.0 Å². The fourth-order valence-corrected chi connectivity index (χ4v) is 1.76. The molecule has 0 saturated heterocycles. The van der Waals surface area contributed by atoms with Gasteiger partial charge in [0.25, 0.3) is 5.91 Å². The highest BCUT2D eigenvalue weighted by Crippen LogP contribution is 2.25. The maximum Gasteiger partial charge on any atom is 0.387 e. The number of benzene rings is 1. The minimum absolute atomic E-state index is 0.111. The average Bonchev–Trinajstić information content (AvgIpc) is 2.37. The van der Waals surface area contributed by atoms with Crippen LogP contribution in [0.15, 0.2) is 24.3 Å². The maximum absolute atomic E-state index is 12.3. The quantitative estimate of drug-likeness (QED) is 0.770. The fraction of sp³-hybridized carbons (Fsp3) is 0.462. The van der Waals surface area contributed by atoms with Crippen LogP contribution < -0.4 is 4.74 Å². The summed E-state index contributed by atoms with van der Waals surface area (Å²) in [6.07, 6.45) is 0. The highest BCUT2D eigenvalue weighted by molar-refractivity contribution is 9.09. The largest absolute Gasteiger partial charge is 0.434 e. The number of para-hydroxylation sites is 1. The topological polar surface area (TPSA) is 29.5 Å². The first-order valence-corrected chi connectivity index (χ1v) is 6.79. The Morgan fingerprint density at radius 2 is 2.00 bits per heavy atom. The predicted octanol–water partition coefficient (Wildman–Crippen LogP) is 3.53. The summed E-state index contributed by atoms with van der Waals surface area (Å²) in [4.78, 5) is 13.8. The van der Waals surface area contributed by atoms with Gasteiger partial charge in [-0.1, -0.05) is 28.1 Å². The van der Waals surface area contributed by atoms with E-state index in [0.717, 1.165) is 0 Å². The highest BCUT2D eigenvalue weighted by atomic mass is 79.9. The van der Waals surface area contributed by atoms with Crippen LogP contribution in [0.3, 0.4) is 0 Å². The number of carbonyl (C=O) groups is 1. The molecular formula is C13H16BrF2NO2. The average molecular weight is 336 g/mol. The monoisotopic (exact) mass is 335 g/mol. The molecule has 6 heteroatoms. The number of nitrogens with zero attached hydrogens (tertiary/aromatic N) is 1. The highest BCUT2D eigenvalue weighted by Gasteiger charge is 2.29. The van der Waals surface area contributed by atoms with E-state index in [-0.39, 0.29) is 17.2 Å². The van der Waals surface area contributed by atoms with E-state index in [0.29, 0.717) is 5.33 Å². The molecule has 19 heavy (non-hydrogen) atoms. The third-order valence-corrected chi connectivity index (χ3v) is 4.25. The van der Waals surface area contributed by atoms with Gasteiger partial charge in [0.15, 0.2) is 0 Å². The molecule has 106 valence electrons. The molecule has 0 fully saturated rings. The van der Waals surface area contributed by atoms with Gasteiger partial charge in [-0.3, -0.25) is 4.79 Å². The van der Waals surface area contributed by atoms with Crippen LogP contribution >= 0.6 is 15.9 Å². The molecule has 1 amide bonds. The van der Waals surface area contributed by atoms with Crippen molar-refractivity contribution in [2.45, 2.75) is 26.0 Å². The van der Waals surface area contributed by atoms with Crippen LogP contribution in [0.2, 0.25) is 0 Å². The molecule has 0 bridgehead atoms. The van der Waals surface area contributed by atoms with Gasteiger partial charge in [0, 0.05) is 17.9 Å². The second-order valence-electron chi connectivity index (χ2n) is 4.68. The normalized spacial score (nSPS) is 11.5. The van der Waals surface area contributed by atoms with Crippen molar-refractivity contribution in [2.75, 3.05) is 12.4 Å². The SMILES string of the molecule is CN(C(=O)c1ccccc1OC(F)F)C(C)(C)CBr. The minimum atomic E-state index is -2.96. The first kappa shape index (κ1) is 15.9. The number of ether oxygens (including phenoxy) is 1. The van der Waals surface area contributed by atoms with Crippen molar-refractivity contribution in [3.05, 3.63) is 29.8 Å². The number of hydrogen-bond acceptors (Lipinski definition) is 2. The Bertz CT molecular complexity index is 452. The Hall–Kier alpha value is -1.17. The molecule has 0 aliphatic carbocycles. The van der Waals surface area contributed by atoms with Crippen molar-refractivity contribution in [3.63, 3.8) is 0 Å². The Morgan fingerprint density at radius 1 is 1.42 bits per heavy atom. The third-order valence-electron chi connectivity index (χ3n) is 2.87. The Labute approximate surface area is 119 Å². The molecule has 0 aliphatic heterocycles. The standard InChI is InChI=1S/C13H16BrF2NO2/c1-13(2,8-14)17(3)11(18)9-6-4-5-7-10(9)19-12(15)16/h4-7,12H,8H2,1-3H3. The van der Waals surface area contributed by atoms with Crippen molar-refractivity contribution in [1.29, 1.82) is 0 Å². The first-order chi connectivity index (χ1) is 8.79. The molecule has 0 saturated carbocycles. The lowest BCUT2D eigenvalue weighted by molar-refractivity contribution is -0.0503. The second-order valence-corrected chi connectivity index (χ2v) is 5.25. The van der Waals surface area contributed by atoms with Gasteiger partial charge < -0.3 is 9.64 Å². The summed E-state index contributed by atoms with van der Waals surface area (Å²) in [5.74, 6) is -0.472. The molecule has 1 rings (SSSR count). The van der Waals surface area contributed by atoms with Crippen molar-refractivity contribution in [2.24, 2.45) is 0 Å². The molecule has 0 atom stereocenters. The lowest BCUT2D eigenvalue weighted by Gasteiger charge is -2.34. The molecule has 0 aliphatic rings. The van der Waals surface area contributed by atoms with Crippen LogP contribution in [0.4, 0.5) is 8.78 Å². The van der Waals surface area contributed by atoms with E-state index in [4.69, 9.17) is 0 Å². The van der Waals surface area contributed by atoms with E-state index >= 15 is 0 Å². The number of hydrogen-bond donors (Lipinski definition) is 0. The van der Waals surface area contributed by atoms with Crippen molar-refractivity contribution in [1.82, 2.24) is 4.90 Å². The van der Waals surface area contributed by atoms with E-state index in [9.17, 15) is 13.6 Å². The third kappa shape index (κ3) is 3.89. The number of alkyl halides is 3. The molecule has 0 spiro atoms. The number of halogens is 3. The summed E-state index contributed by atoms with van der Waals surface area (Å²) in [6.45, 7) is 0.787. The first-order valence-electron chi connectivity index (χ1n) is 5.67. The van der Waals surface area contributed by atoms with E-state index < -0.39 is 12.2 Å². The van der Waals surface area contributed by atoms with Gasteiger partial charge in [0.1, 0.15) is 5.75 Å².